The fraction of sp³-hybridized carbons (Fsp3) is 0.0455. The van der Waals surface area contributed by atoms with Gasteiger partial charge in [-0.1, -0.05) is 36.4 Å². The van der Waals surface area contributed by atoms with Crippen molar-refractivity contribution in [2.24, 2.45) is 5.73 Å². The Balaban J connectivity index is 0.000000151. The van der Waals surface area contributed by atoms with E-state index in [0.717, 1.165) is 33.1 Å². The van der Waals surface area contributed by atoms with E-state index in [2.05, 4.69) is 10.9 Å². The summed E-state index contributed by atoms with van der Waals surface area (Å²) in [6, 6.07) is 23.3. The molecular formula is C22H20N4. The van der Waals surface area contributed by atoms with E-state index in [9.17, 15) is 0 Å². The molecule has 0 aliphatic rings. The first kappa shape index (κ1) is 17.3. The maximum atomic E-state index is 6.86. The largest absolute Gasteiger partial charge is 0.399 e. The maximum Gasteiger partial charge on any atom is 0.187 e. The SMILES string of the molecule is NCc1ccc2cc(N)ccc2c1.[C-]#[N+]c1ccc2cc(N)ccc2c1. The first-order chi connectivity index (χ1) is 12.6. The molecule has 6 N–H and O–H groups in total. The van der Waals surface area contributed by atoms with E-state index in [1.165, 1.54) is 5.39 Å². The second-order valence-electron chi connectivity index (χ2n) is 6.05. The van der Waals surface area contributed by atoms with Gasteiger partial charge < -0.3 is 17.2 Å². The molecular weight excluding hydrogens is 320 g/mol. The molecule has 0 amide bonds. The topological polar surface area (TPSA) is 82.4 Å². The highest BCUT2D eigenvalue weighted by Gasteiger charge is 1.96. The second kappa shape index (κ2) is 7.56. The van der Waals surface area contributed by atoms with Crippen LogP contribution in [0.5, 0.6) is 0 Å². The lowest BCUT2D eigenvalue weighted by Gasteiger charge is -2.01. The number of hydrogen-bond donors (Lipinski definition) is 3. The average molecular weight is 340 g/mol. The zero-order chi connectivity index (χ0) is 18.5. The van der Waals surface area contributed by atoms with Gasteiger partial charge in [0.05, 0.1) is 6.57 Å². The molecule has 4 aromatic rings. The maximum absolute atomic E-state index is 6.86. The highest BCUT2D eigenvalue weighted by atomic mass is 14.6. The number of nitrogens with zero attached hydrogens (tertiary/aromatic N) is 1. The van der Waals surface area contributed by atoms with Gasteiger partial charge in [-0.25, -0.2) is 4.85 Å². The van der Waals surface area contributed by atoms with Crippen molar-refractivity contribution in [3.8, 4) is 0 Å². The van der Waals surface area contributed by atoms with Crippen LogP contribution < -0.4 is 17.2 Å². The summed E-state index contributed by atoms with van der Waals surface area (Å²) in [4.78, 5) is 3.36. The normalized spacial score (nSPS) is 10.2. The molecule has 0 fully saturated rings. The highest BCUT2D eigenvalue weighted by molar-refractivity contribution is 5.88. The number of nitrogen functional groups attached to an aromatic ring is 2. The predicted molar refractivity (Wildman–Crippen MR) is 111 cm³/mol. The standard InChI is InChI=1S/C11H8N2.C11H12N2/c1-13-11-5-3-8-6-10(12)4-2-9(8)7-11;12-7-8-1-2-10-6-11(13)4-3-9(10)5-8/h2-7H,12H2;1-6H,7,12-13H2. The van der Waals surface area contributed by atoms with Crippen molar-refractivity contribution >= 4 is 38.6 Å². The van der Waals surface area contributed by atoms with Gasteiger partial charge in [0.15, 0.2) is 5.69 Å². The molecule has 0 atom stereocenters. The minimum Gasteiger partial charge on any atom is -0.399 e. The summed E-state index contributed by atoms with van der Waals surface area (Å²) in [6.45, 7) is 7.45. The van der Waals surface area contributed by atoms with E-state index >= 15 is 0 Å². The summed E-state index contributed by atoms with van der Waals surface area (Å²) in [5.74, 6) is 0. The fourth-order valence-corrected chi connectivity index (χ4v) is 2.76. The number of anilines is 2. The molecule has 0 aliphatic carbocycles. The Labute approximate surface area is 152 Å². The fourth-order valence-electron chi connectivity index (χ4n) is 2.76. The summed E-state index contributed by atoms with van der Waals surface area (Å²) in [6.07, 6.45) is 0. The van der Waals surface area contributed by atoms with E-state index in [4.69, 9.17) is 23.8 Å². The lowest BCUT2D eigenvalue weighted by Crippen LogP contribution is -1.95. The first-order valence-electron chi connectivity index (χ1n) is 8.24. The van der Waals surface area contributed by atoms with Crippen LogP contribution in [0, 0.1) is 6.57 Å². The molecule has 0 radical (unpaired) electrons. The van der Waals surface area contributed by atoms with Crippen molar-refractivity contribution < 1.29 is 0 Å². The van der Waals surface area contributed by atoms with Crippen LogP contribution in [0.25, 0.3) is 26.4 Å². The van der Waals surface area contributed by atoms with Gasteiger partial charge in [-0.15, -0.1) is 0 Å². The van der Waals surface area contributed by atoms with Crippen LogP contribution in [-0.2, 0) is 6.54 Å². The van der Waals surface area contributed by atoms with Gasteiger partial charge in [-0.3, -0.25) is 0 Å². The average Bonchev–Trinajstić information content (AvgIpc) is 2.67. The molecule has 4 aromatic carbocycles. The van der Waals surface area contributed by atoms with Gasteiger partial charge in [-0.2, -0.15) is 0 Å². The van der Waals surface area contributed by atoms with Gasteiger partial charge in [0.1, 0.15) is 0 Å². The van der Waals surface area contributed by atoms with E-state index in [-0.39, 0.29) is 0 Å². The van der Waals surface area contributed by atoms with E-state index < -0.39 is 0 Å². The highest BCUT2D eigenvalue weighted by Crippen LogP contribution is 2.23. The van der Waals surface area contributed by atoms with Crippen molar-refractivity contribution in [2.45, 2.75) is 6.54 Å². The van der Waals surface area contributed by atoms with Crippen LogP contribution in [0.15, 0.2) is 72.8 Å². The lowest BCUT2D eigenvalue weighted by atomic mass is 10.1. The smallest absolute Gasteiger partial charge is 0.187 e. The molecule has 0 aliphatic heterocycles. The molecule has 4 rings (SSSR count). The minimum atomic E-state index is 0.584. The Bertz CT molecular complexity index is 1110. The molecule has 0 saturated carbocycles. The zero-order valence-electron chi connectivity index (χ0n) is 14.3. The summed E-state index contributed by atoms with van der Waals surface area (Å²) in [5, 5.41) is 4.49. The Morgan fingerprint density at radius 1 is 0.654 bits per heavy atom. The molecule has 0 spiro atoms. The number of rotatable bonds is 1. The molecule has 0 aromatic heterocycles. The van der Waals surface area contributed by atoms with Crippen LogP contribution >= 0.6 is 0 Å². The van der Waals surface area contributed by atoms with E-state index in [1.54, 1.807) is 6.07 Å². The van der Waals surface area contributed by atoms with Gasteiger partial charge in [0, 0.05) is 17.9 Å². The Kier molecular flexibility index (Phi) is 5.02. The van der Waals surface area contributed by atoms with Crippen LogP contribution in [-0.4, -0.2) is 0 Å². The molecule has 26 heavy (non-hydrogen) atoms. The quantitative estimate of drug-likeness (QED) is 0.342. The zero-order valence-corrected chi connectivity index (χ0v) is 14.3. The van der Waals surface area contributed by atoms with E-state index in [0.29, 0.717) is 12.2 Å². The number of fused-ring (bicyclic) bond motifs is 2. The third-order valence-electron chi connectivity index (χ3n) is 4.14. The van der Waals surface area contributed by atoms with Gasteiger partial charge in [0.2, 0.25) is 0 Å². The monoisotopic (exact) mass is 340 g/mol. The molecule has 0 heterocycles. The summed E-state index contributed by atoms with van der Waals surface area (Å²) in [7, 11) is 0. The van der Waals surface area contributed by atoms with Crippen molar-refractivity contribution in [3.63, 3.8) is 0 Å². The number of hydrogen-bond acceptors (Lipinski definition) is 3. The summed E-state index contributed by atoms with van der Waals surface area (Å²) in [5.41, 5.74) is 20.2. The van der Waals surface area contributed by atoms with Crippen LogP contribution in [0.3, 0.4) is 0 Å². The van der Waals surface area contributed by atoms with Gasteiger partial charge in [-0.05, 0) is 63.5 Å². The lowest BCUT2D eigenvalue weighted by molar-refractivity contribution is 1.08. The Hall–Kier alpha value is -3.55. The van der Waals surface area contributed by atoms with Crippen LogP contribution in [0.4, 0.5) is 17.1 Å². The molecule has 128 valence electrons. The van der Waals surface area contributed by atoms with Crippen molar-refractivity contribution in [2.75, 3.05) is 11.5 Å². The van der Waals surface area contributed by atoms with Crippen LogP contribution in [0.1, 0.15) is 5.56 Å². The molecule has 4 nitrogen and oxygen atoms in total. The molecule has 0 unspecified atom stereocenters. The number of nitrogens with two attached hydrogens (primary N) is 3. The third kappa shape index (κ3) is 3.92. The molecule has 0 saturated heterocycles. The van der Waals surface area contributed by atoms with Crippen molar-refractivity contribution in [1.29, 1.82) is 0 Å². The predicted octanol–water partition coefficient (Wildman–Crippen LogP) is 4.85. The van der Waals surface area contributed by atoms with E-state index in [1.807, 2.05) is 60.7 Å². The van der Waals surface area contributed by atoms with Gasteiger partial charge >= 0.3 is 0 Å². The van der Waals surface area contributed by atoms with Crippen molar-refractivity contribution in [3.05, 3.63) is 89.8 Å². The Morgan fingerprint density at radius 3 is 1.73 bits per heavy atom. The second-order valence-corrected chi connectivity index (χ2v) is 6.05. The molecule has 4 heteroatoms. The summed E-state index contributed by atoms with van der Waals surface area (Å²) >= 11 is 0. The van der Waals surface area contributed by atoms with Gasteiger partial charge in [0.25, 0.3) is 0 Å². The first-order valence-corrected chi connectivity index (χ1v) is 8.24. The molecule has 0 bridgehead atoms. The van der Waals surface area contributed by atoms with Crippen molar-refractivity contribution in [1.82, 2.24) is 0 Å². The minimum absolute atomic E-state index is 0.584. The summed E-state index contributed by atoms with van der Waals surface area (Å²) < 4.78 is 0. The Morgan fingerprint density at radius 2 is 1.15 bits per heavy atom. The van der Waals surface area contributed by atoms with Crippen LogP contribution in [0.2, 0.25) is 0 Å². The third-order valence-corrected chi connectivity index (χ3v) is 4.14. The number of benzene rings is 4.